The molecule has 0 saturated carbocycles. The first kappa shape index (κ1) is 13.3. The Kier molecular flexibility index (Phi) is 4.34. The van der Waals surface area contributed by atoms with E-state index in [0.29, 0.717) is 5.88 Å². The lowest BCUT2D eigenvalue weighted by molar-refractivity contribution is 0.216. The van der Waals surface area contributed by atoms with Gasteiger partial charge in [-0.1, -0.05) is 37.3 Å². The molecule has 100 valence electrons. The summed E-state index contributed by atoms with van der Waals surface area (Å²) < 4.78 is 5.89. The van der Waals surface area contributed by atoms with Crippen molar-refractivity contribution < 1.29 is 4.74 Å². The number of aryl methyl sites for hydroxylation is 1. The van der Waals surface area contributed by atoms with E-state index < -0.39 is 0 Å². The van der Waals surface area contributed by atoms with Crippen LogP contribution in [0.15, 0.2) is 36.4 Å². The van der Waals surface area contributed by atoms with E-state index >= 15 is 0 Å². The average molecular weight is 257 g/mol. The SMILES string of the molecule is CCc1nc(NC)cc(OC(C)c2ccccc2)n1. The Morgan fingerprint density at radius 2 is 1.95 bits per heavy atom. The molecule has 0 saturated heterocycles. The Bertz CT molecular complexity index is 506. The van der Waals surface area contributed by atoms with E-state index in [1.165, 1.54) is 0 Å². The summed E-state index contributed by atoms with van der Waals surface area (Å²) in [5.41, 5.74) is 1.13. The van der Waals surface area contributed by atoms with Gasteiger partial charge in [0.2, 0.25) is 5.88 Å². The molecule has 1 unspecified atom stereocenters. The number of hydrogen-bond donors (Lipinski definition) is 1. The Balaban J connectivity index is 2.18. The molecule has 1 aromatic heterocycles. The fourth-order valence-electron chi connectivity index (χ4n) is 1.79. The van der Waals surface area contributed by atoms with Crippen LogP contribution < -0.4 is 10.1 Å². The Morgan fingerprint density at radius 3 is 2.58 bits per heavy atom. The second-order valence-electron chi connectivity index (χ2n) is 4.28. The van der Waals surface area contributed by atoms with Gasteiger partial charge in [0.05, 0.1) is 0 Å². The van der Waals surface area contributed by atoms with Gasteiger partial charge in [-0.15, -0.1) is 0 Å². The molecule has 4 nitrogen and oxygen atoms in total. The number of nitrogens with one attached hydrogen (secondary N) is 1. The van der Waals surface area contributed by atoms with E-state index in [0.717, 1.165) is 23.6 Å². The highest BCUT2D eigenvalue weighted by Gasteiger charge is 2.09. The summed E-state index contributed by atoms with van der Waals surface area (Å²) in [4.78, 5) is 8.74. The minimum absolute atomic E-state index is 0.0366. The van der Waals surface area contributed by atoms with Crippen molar-refractivity contribution in [1.82, 2.24) is 9.97 Å². The summed E-state index contributed by atoms with van der Waals surface area (Å²) in [6.07, 6.45) is 0.747. The fraction of sp³-hybridized carbons (Fsp3) is 0.333. The van der Waals surface area contributed by atoms with Gasteiger partial charge < -0.3 is 10.1 Å². The molecule has 1 heterocycles. The van der Waals surface area contributed by atoms with Gasteiger partial charge in [-0.25, -0.2) is 4.98 Å². The second-order valence-corrected chi connectivity index (χ2v) is 4.28. The van der Waals surface area contributed by atoms with E-state index in [1.54, 1.807) is 0 Å². The molecule has 2 aromatic rings. The first-order chi connectivity index (χ1) is 9.22. The standard InChI is InChI=1S/C15H19N3O/c1-4-13-17-14(16-3)10-15(18-13)19-11(2)12-8-6-5-7-9-12/h5-11H,4H2,1-3H3,(H,16,17,18). The first-order valence-corrected chi connectivity index (χ1v) is 6.50. The molecule has 0 aliphatic carbocycles. The summed E-state index contributed by atoms with van der Waals surface area (Å²) in [6.45, 7) is 4.04. The molecule has 1 N–H and O–H groups in total. The monoisotopic (exact) mass is 257 g/mol. The minimum atomic E-state index is -0.0366. The lowest BCUT2D eigenvalue weighted by Gasteiger charge is -2.15. The van der Waals surface area contributed by atoms with Crippen LogP contribution in [0.25, 0.3) is 0 Å². The molecule has 0 radical (unpaired) electrons. The predicted octanol–water partition coefficient (Wildman–Crippen LogP) is 3.22. The van der Waals surface area contributed by atoms with Gasteiger partial charge in [0.25, 0.3) is 0 Å². The summed E-state index contributed by atoms with van der Waals surface area (Å²) in [7, 11) is 1.84. The van der Waals surface area contributed by atoms with Crippen molar-refractivity contribution in [1.29, 1.82) is 0 Å². The van der Waals surface area contributed by atoms with Crippen LogP contribution in [0.1, 0.15) is 31.3 Å². The summed E-state index contributed by atoms with van der Waals surface area (Å²) in [6, 6.07) is 11.9. The van der Waals surface area contributed by atoms with Crippen LogP contribution in [0.4, 0.5) is 5.82 Å². The molecule has 0 spiro atoms. The van der Waals surface area contributed by atoms with E-state index in [9.17, 15) is 0 Å². The Hall–Kier alpha value is -2.10. The topological polar surface area (TPSA) is 47.0 Å². The first-order valence-electron chi connectivity index (χ1n) is 6.50. The second kappa shape index (κ2) is 6.18. The lowest BCUT2D eigenvalue weighted by Crippen LogP contribution is -2.07. The quantitative estimate of drug-likeness (QED) is 0.893. The number of ether oxygens (including phenoxy) is 1. The lowest BCUT2D eigenvalue weighted by atomic mass is 10.1. The third-order valence-corrected chi connectivity index (χ3v) is 2.89. The van der Waals surface area contributed by atoms with Gasteiger partial charge in [0.15, 0.2) is 0 Å². The zero-order valence-electron chi connectivity index (χ0n) is 11.6. The molecular weight excluding hydrogens is 238 g/mol. The van der Waals surface area contributed by atoms with E-state index in [4.69, 9.17) is 4.74 Å². The molecule has 1 aromatic carbocycles. The predicted molar refractivity (Wildman–Crippen MR) is 76.4 cm³/mol. The molecule has 0 amide bonds. The fourth-order valence-corrected chi connectivity index (χ4v) is 1.79. The summed E-state index contributed by atoms with van der Waals surface area (Å²) in [5.74, 6) is 2.16. The number of aromatic nitrogens is 2. The smallest absolute Gasteiger partial charge is 0.219 e. The molecule has 4 heteroatoms. The molecule has 1 atom stereocenters. The van der Waals surface area contributed by atoms with Crippen LogP contribution in [0.5, 0.6) is 5.88 Å². The summed E-state index contributed by atoms with van der Waals surface area (Å²) in [5, 5.41) is 3.02. The third kappa shape index (κ3) is 3.44. The van der Waals surface area contributed by atoms with Crippen molar-refractivity contribution in [2.24, 2.45) is 0 Å². The van der Waals surface area contributed by atoms with Crippen molar-refractivity contribution in [3.63, 3.8) is 0 Å². The van der Waals surface area contributed by atoms with Gasteiger partial charge >= 0.3 is 0 Å². The highest BCUT2D eigenvalue weighted by atomic mass is 16.5. The molecule has 2 rings (SSSR count). The highest BCUT2D eigenvalue weighted by Crippen LogP contribution is 2.21. The largest absolute Gasteiger partial charge is 0.470 e. The van der Waals surface area contributed by atoms with Crippen LogP contribution in [0.2, 0.25) is 0 Å². The molecule has 0 aliphatic rings. The molecule has 0 bridgehead atoms. The van der Waals surface area contributed by atoms with E-state index in [2.05, 4.69) is 15.3 Å². The summed E-state index contributed by atoms with van der Waals surface area (Å²) >= 11 is 0. The minimum Gasteiger partial charge on any atom is -0.470 e. The molecule has 0 aliphatic heterocycles. The Labute approximate surface area is 113 Å². The number of hydrogen-bond acceptors (Lipinski definition) is 4. The maximum atomic E-state index is 5.89. The van der Waals surface area contributed by atoms with E-state index in [1.807, 2.05) is 57.3 Å². The van der Waals surface area contributed by atoms with Crippen molar-refractivity contribution in [2.45, 2.75) is 26.4 Å². The van der Waals surface area contributed by atoms with Crippen molar-refractivity contribution in [2.75, 3.05) is 12.4 Å². The van der Waals surface area contributed by atoms with Crippen LogP contribution >= 0.6 is 0 Å². The number of nitrogens with zero attached hydrogens (tertiary/aromatic N) is 2. The van der Waals surface area contributed by atoms with E-state index in [-0.39, 0.29) is 6.10 Å². The Morgan fingerprint density at radius 1 is 1.21 bits per heavy atom. The molecule has 19 heavy (non-hydrogen) atoms. The highest BCUT2D eigenvalue weighted by molar-refractivity contribution is 5.37. The normalized spacial score (nSPS) is 11.9. The van der Waals surface area contributed by atoms with Crippen molar-refractivity contribution in [3.05, 3.63) is 47.8 Å². The number of rotatable bonds is 5. The van der Waals surface area contributed by atoms with Crippen LogP contribution in [-0.4, -0.2) is 17.0 Å². The zero-order valence-corrected chi connectivity index (χ0v) is 11.6. The maximum Gasteiger partial charge on any atom is 0.219 e. The van der Waals surface area contributed by atoms with Crippen LogP contribution in [0.3, 0.4) is 0 Å². The van der Waals surface area contributed by atoms with Gasteiger partial charge in [0.1, 0.15) is 17.7 Å². The van der Waals surface area contributed by atoms with Crippen molar-refractivity contribution >= 4 is 5.82 Å². The van der Waals surface area contributed by atoms with Crippen LogP contribution in [-0.2, 0) is 6.42 Å². The van der Waals surface area contributed by atoms with Crippen molar-refractivity contribution in [3.8, 4) is 5.88 Å². The molecular formula is C15H19N3O. The van der Waals surface area contributed by atoms with Gasteiger partial charge in [-0.2, -0.15) is 4.98 Å². The maximum absolute atomic E-state index is 5.89. The van der Waals surface area contributed by atoms with Gasteiger partial charge in [-0.05, 0) is 12.5 Å². The number of anilines is 1. The third-order valence-electron chi connectivity index (χ3n) is 2.89. The van der Waals surface area contributed by atoms with Crippen LogP contribution in [0, 0.1) is 0 Å². The zero-order chi connectivity index (χ0) is 13.7. The molecule has 0 fully saturated rings. The van der Waals surface area contributed by atoms with Gasteiger partial charge in [-0.3, -0.25) is 0 Å². The number of benzene rings is 1. The average Bonchev–Trinajstić information content (AvgIpc) is 2.47. The van der Waals surface area contributed by atoms with Gasteiger partial charge in [0, 0.05) is 19.5 Å².